The summed E-state index contributed by atoms with van der Waals surface area (Å²) in [6.07, 6.45) is 3.74. The van der Waals surface area contributed by atoms with Gasteiger partial charge in [-0.1, -0.05) is 38.1 Å². The molecular formula is C20H22N4S. The van der Waals surface area contributed by atoms with Gasteiger partial charge in [-0.2, -0.15) is 5.10 Å². The first-order chi connectivity index (χ1) is 12.1. The van der Waals surface area contributed by atoms with E-state index in [1.54, 1.807) is 6.20 Å². The number of hydrogen-bond acceptors (Lipinski definition) is 2. The molecular weight excluding hydrogens is 328 g/mol. The molecule has 0 atom stereocenters. The highest BCUT2D eigenvalue weighted by Crippen LogP contribution is 2.17. The molecule has 0 bridgehead atoms. The normalized spacial score (nSPS) is 10.7. The molecule has 0 aliphatic carbocycles. The molecule has 0 unspecified atom stereocenters. The van der Waals surface area contributed by atoms with E-state index < -0.39 is 0 Å². The monoisotopic (exact) mass is 350 g/mol. The van der Waals surface area contributed by atoms with Crippen LogP contribution in [0.3, 0.4) is 0 Å². The van der Waals surface area contributed by atoms with E-state index in [2.05, 4.69) is 66.0 Å². The standard InChI is InChI=1S/C20H22N4S/c1-15(2)17-6-10-19(11-7-17)23-20(25)22-18-8-4-16(5-9-18)14-24-13-3-12-21-24/h3-13,15H,14H2,1-2H3,(H2,22,23,25). The van der Waals surface area contributed by atoms with Gasteiger partial charge in [-0.3, -0.25) is 4.68 Å². The Labute approximate surface area is 153 Å². The van der Waals surface area contributed by atoms with Crippen molar-refractivity contribution in [1.29, 1.82) is 0 Å². The third-order valence-corrected chi connectivity index (χ3v) is 4.15. The van der Waals surface area contributed by atoms with Crippen molar-refractivity contribution in [2.75, 3.05) is 10.6 Å². The molecule has 2 N–H and O–H groups in total. The molecule has 5 heteroatoms. The van der Waals surface area contributed by atoms with Crippen LogP contribution in [0.2, 0.25) is 0 Å². The summed E-state index contributed by atoms with van der Waals surface area (Å²) in [5, 5.41) is 11.2. The van der Waals surface area contributed by atoms with Crippen molar-refractivity contribution >= 4 is 28.7 Å². The Hall–Kier alpha value is -2.66. The van der Waals surface area contributed by atoms with Crippen molar-refractivity contribution in [2.45, 2.75) is 26.3 Å². The Bertz CT molecular complexity index is 806. The fourth-order valence-corrected chi connectivity index (χ4v) is 2.76. The van der Waals surface area contributed by atoms with E-state index in [-0.39, 0.29) is 0 Å². The van der Waals surface area contributed by atoms with Crippen molar-refractivity contribution < 1.29 is 0 Å². The van der Waals surface area contributed by atoms with Crippen LogP contribution < -0.4 is 10.6 Å². The van der Waals surface area contributed by atoms with E-state index in [9.17, 15) is 0 Å². The minimum absolute atomic E-state index is 0.527. The Morgan fingerprint density at radius 1 is 1.00 bits per heavy atom. The van der Waals surface area contributed by atoms with Crippen LogP contribution in [0, 0.1) is 0 Å². The van der Waals surface area contributed by atoms with E-state index in [1.807, 2.05) is 29.1 Å². The fourth-order valence-electron chi connectivity index (χ4n) is 2.52. The van der Waals surface area contributed by atoms with E-state index in [4.69, 9.17) is 12.2 Å². The van der Waals surface area contributed by atoms with E-state index in [0.29, 0.717) is 11.0 Å². The van der Waals surface area contributed by atoms with Gasteiger partial charge in [0.05, 0.1) is 6.54 Å². The van der Waals surface area contributed by atoms with Gasteiger partial charge in [0.15, 0.2) is 5.11 Å². The lowest BCUT2D eigenvalue weighted by molar-refractivity contribution is 0.687. The SMILES string of the molecule is CC(C)c1ccc(NC(=S)Nc2ccc(Cn3cccn3)cc2)cc1. The van der Waals surface area contributed by atoms with Gasteiger partial charge in [0.25, 0.3) is 0 Å². The maximum atomic E-state index is 5.39. The van der Waals surface area contributed by atoms with Gasteiger partial charge >= 0.3 is 0 Å². The average molecular weight is 350 g/mol. The highest BCUT2D eigenvalue weighted by atomic mass is 32.1. The van der Waals surface area contributed by atoms with Crippen molar-refractivity contribution in [3.63, 3.8) is 0 Å². The first kappa shape index (κ1) is 17.2. The number of nitrogens with zero attached hydrogens (tertiary/aromatic N) is 2. The molecule has 1 heterocycles. The van der Waals surface area contributed by atoms with Crippen LogP contribution in [-0.4, -0.2) is 14.9 Å². The molecule has 1 aromatic heterocycles. The summed E-state index contributed by atoms with van der Waals surface area (Å²) in [4.78, 5) is 0. The number of rotatable bonds is 5. The smallest absolute Gasteiger partial charge is 0.175 e. The number of benzene rings is 2. The minimum atomic E-state index is 0.527. The van der Waals surface area contributed by atoms with E-state index >= 15 is 0 Å². The van der Waals surface area contributed by atoms with Crippen LogP contribution in [0.1, 0.15) is 30.9 Å². The molecule has 4 nitrogen and oxygen atoms in total. The minimum Gasteiger partial charge on any atom is -0.332 e. The molecule has 3 aromatic rings. The maximum absolute atomic E-state index is 5.39. The quantitative estimate of drug-likeness (QED) is 0.645. The number of thiocarbonyl (C=S) groups is 1. The summed E-state index contributed by atoms with van der Waals surface area (Å²) >= 11 is 5.39. The highest BCUT2D eigenvalue weighted by molar-refractivity contribution is 7.80. The number of aromatic nitrogens is 2. The summed E-state index contributed by atoms with van der Waals surface area (Å²) in [7, 11) is 0. The first-order valence-corrected chi connectivity index (χ1v) is 8.75. The third-order valence-electron chi connectivity index (χ3n) is 3.95. The summed E-state index contributed by atoms with van der Waals surface area (Å²) in [5.41, 5.74) is 4.45. The van der Waals surface area contributed by atoms with Crippen LogP contribution in [0.4, 0.5) is 11.4 Å². The lowest BCUT2D eigenvalue weighted by Gasteiger charge is -2.12. The molecule has 0 aliphatic rings. The molecule has 0 fully saturated rings. The van der Waals surface area contributed by atoms with Gasteiger partial charge < -0.3 is 10.6 Å². The van der Waals surface area contributed by atoms with Crippen LogP contribution in [-0.2, 0) is 6.54 Å². The van der Waals surface area contributed by atoms with Crippen molar-refractivity contribution in [2.24, 2.45) is 0 Å². The zero-order valence-electron chi connectivity index (χ0n) is 14.4. The molecule has 0 spiro atoms. The van der Waals surface area contributed by atoms with Gasteiger partial charge in [-0.05, 0) is 59.6 Å². The van der Waals surface area contributed by atoms with Crippen LogP contribution in [0.15, 0.2) is 67.0 Å². The van der Waals surface area contributed by atoms with E-state index in [0.717, 1.165) is 17.9 Å². The predicted octanol–water partition coefficient (Wildman–Crippen LogP) is 4.86. The van der Waals surface area contributed by atoms with Crippen LogP contribution >= 0.6 is 12.2 Å². The molecule has 0 saturated carbocycles. The summed E-state index contributed by atoms with van der Waals surface area (Å²) < 4.78 is 1.90. The molecule has 0 aliphatic heterocycles. The first-order valence-electron chi connectivity index (χ1n) is 8.34. The zero-order chi connectivity index (χ0) is 17.6. The Morgan fingerprint density at radius 2 is 1.60 bits per heavy atom. The maximum Gasteiger partial charge on any atom is 0.175 e. The van der Waals surface area contributed by atoms with Gasteiger partial charge in [0, 0.05) is 23.8 Å². The molecule has 128 valence electrons. The molecule has 2 aromatic carbocycles. The van der Waals surface area contributed by atoms with Gasteiger partial charge in [-0.25, -0.2) is 0 Å². The Morgan fingerprint density at radius 3 is 2.12 bits per heavy atom. The summed E-state index contributed by atoms with van der Waals surface area (Å²) in [6, 6.07) is 18.5. The van der Waals surface area contributed by atoms with Crippen molar-refractivity contribution in [3.8, 4) is 0 Å². The number of nitrogens with one attached hydrogen (secondary N) is 2. The molecule has 3 rings (SSSR count). The predicted molar refractivity (Wildman–Crippen MR) is 108 cm³/mol. The Kier molecular flexibility index (Phi) is 5.46. The number of hydrogen-bond donors (Lipinski definition) is 2. The van der Waals surface area contributed by atoms with Crippen LogP contribution in [0.5, 0.6) is 0 Å². The second-order valence-corrected chi connectivity index (χ2v) is 6.66. The van der Waals surface area contributed by atoms with Gasteiger partial charge in [-0.15, -0.1) is 0 Å². The van der Waals surface area contributed by atoms with E-state index in [1.165, 1.54) is 11.1 Å². The molecule has 0 amide bonds. The second kappa shape index (κ2) is 7.94. The highest BCUT2D eigenvalue weighted by Gasteiger charge is 2.02. The summed E-state index contributed by atoms with van der Waals surface area (Å²) in [6.45, 7) is 5.13. The fraction of sp³-hybridized carbons (Fsp3) is 0.200. The number of anilines is 2. The molecule has 0 radical (unpaired) electrons. The van der Waals surface area contributed by atoms with Crippen molar-refractivity contribution in [1.82, 2.24) is 9.78 Å². The second-order valence-electron chi connectivity index (χ2n) is 6.26. The lowest BCUT2D eigenvalue weighted by Crippen LogP contribution is -2.19. The van der Waals surface area contributed by atoms with Crippen LogP contribution in [0.25, 0.3) is 0 Å². The third kappa shape index (κ3) is 4.90. The average Bonchev–Trinajstić information content (AvgIpc) is 3.10. The zero-order valence-corrected chi connectivity index (χ0v) is 15.3. The topological polar surface area (TPSA) is 41.9 Å². The van der Waals surface area contributed by atoms with Gasteiger partial charge in [0.2, 0.25) is 0 Å². The van der Waals surface area contributed by atoms with Gasteiger partial charge in [0.1, 0.15) is 0 Å². The van der Waals surface area contributed by atoms with Crippen molar-refractivity contribution in [3.05, 3.63) is 78.1 Å². The Balaban J connectivity index is 1.55. The lowest BCUT2D eigenvalue weighted by atomic mass is 10.0. The molecule has 25 heavy (non-hydrogen) atoms. The molecule has 0 saturated heterocycles. The summed E-state index contributed by atoms with van der Waals surface area (Å²) in [5.74, 6) is 0.527. The largest absolute Gasteiger partial charge is 0.332 e.